The zero-order chi connectivity index (χ0) is 9.80. The molecule has 1 atom stereocenters. The normalized spacial score (nSPS) is 28.9. The fourth-order valence-electron chi connectivity index (χ4n) is 2.04. The lowest BCUT2D eigenvalue weighted by Crippen LogP contribution is -2.44. The summed E-state index contributed by atoms with van der Waals surface area (Å²) in [7, 11) is 0. The molecule has 2 aliphatic heterocycles. The largest absolute Gasteiger partial charge is 0.316 e. The van der Waals surface area contributed by atoms with E-state index in [9.17, 15) is 4.79 Å². The molecular formula is C10H18N2O2. The SMILES string of the molecule is O=C([C@H]1CCCNC1)N1CCCCO1. The minimum absolute atomic E-state index is 0.141. The predicted molar refractivity (Wildman–Crippen MR) is 52.5 cm³/mol. The van der Waals surface area contributed by atoms with Crippen LogP contribution in [0, 0.1) is 5.92 Å². The summed E-state index contributed by atoms with van der Waals surface area (Å²) in [5.41, 5.74) is 0. The Bertz CT molecular complexity index is 176. The van der Waals surface area contributed by atoms with Crippen LogP contribution < -0.4 is 5.32 Å². The van der Waals surface area contributed by atoms with Crippen molar-refractivity contribution in [1.82, 2.24) is 10.4 Å². The number of carbonyl (C=O) groups excluding carboxylic acids is 1. The lowest BCUT2D eigenvalue weighted by atomic mass is 9.98. The minimum Gasteiger partial charge on any atom is -0.316 e. The zero-order valence-corrected chi connectivity index (χ0v) is 8.50. The van der Waals surface area contributed by atoms with E-state index in [0.29, 0.717) is 6.61 Å². The van der Waals surface area contributed by atoms with E-state index in [0.717, 1.165) is 45.3 Å². The molecule has 0 aromatic rings. The van der Waals surface area contributed by atoms with Crippen molar-refractivity contribution in [2.24, 2.45) is 5.92 Å². The monoisotopic (exact) mass is 198 g/mol. The summed E-state index contributed by atoms with van der Waals surface area (Å²) < 4.78 is 0. The van der Waals surface area contributed by atoms with Gasteiger partial charge in [0.05, 0.1) is 12.5 Å². The van der Waals surface area contributed by atoms with Crippen LogP contribution >= 0.6 is 0 Å². The van der Waals surface area contributed by atoms with Crippen molar-refractivity contribution < 1.29 is 9.63 Å². The van der Waals surface area contributed by atoms with Gasteiger partial charge in [-0.15, -0.1) is 0 Å². The third-order valence-electron chi connectivity index (χ3n) is 2.89. The molecule has 0 aliphatic carbocycles. The maximum absolute atomic E-state index is 11.9. The molecule has 14 heavy (non-hydrogen) atoms. The van der Waals surface area contributed by atoms with Crippen LogP contribution in [-0.4, -0.2) is 37.2 Å². The molecule has 0 bridgehead atoms. The average molecular weight is 198 g/mol. The van der Waals surface area contributed by atoms with Gasteiger partial charge in [0, 0.05) is 13.1 Å². The standard InChI is InChI=1S/C10H18N2O2/c13-10(9-4-3-5-11-8-9)12-6-1-2-7-14-12/h9,11H,1-8H2/t9-/m0/s1. The van der Waals surface area contributed by atoms with Gasteiger partial charge in [0.1, 0.15) is 0 Å². The Hall–Kier alpha value is -0.610. The Labute approximate surface area is 84.6 Å². The molecule has 2 saturated heterocycles. The van der Waals surface area contributed by atoms with Crippen molar-refractivity contribution in [3.63, 3.8) is 0 Å². The number of nitrogens with one attached hydrogen (secondary N) is 1. The number of hydrogen-bond acceptors (Lipinski definition) is 3. The van der Waals surface area contributed by atoms with E-state index in [4.69, 9.17) is 4.84 Å². The number of amides is 1. The van der Waals surface area contributed by atoms with Crippen molar-refractivity contribution in [3.05, 3.63) is 0 Å². The summed E-state index contributed by atoms with van der Waals surface area (Å²) in [5, 5.41) is 4.82. The molecule has 4 heteroatoms. The van der Waals surface area contributed by atoms with Gasteiger partial charge < -0.3 is 5.32 Å². The minimum atomic E-state index is 0.141. The van der Waals surface area contributed by atoms with Gasteiger partial charge >= 0.3 is 0 Å². The highest BCUT2D eigenvalue weighted by Gasteiger charge is 2.27. The summed E-state index contributed by atoms with van der Waals surface area (Å²) in [6, 6.07) is 0. The van der Waals surface area contributed by atoms with Crippen LogP contribution in [0.3, 0.4) is 0 Å². The van der Waals surface area contributed by atoms with Gasteiger partial charge in [-0.3, -0.25) is 9.63 Å². The van der Waals surface area contributed by atoms with E-state index in [2.05, 4.69) is 5.32 Å². The van der Waals surface area contributed by atoms with Crippen molar-refractivity contribution >= 4 is 5.91 Å². The third-order valence-corrected chi connectivity index (χ3v) is 2.89. The molecule has 0 saturated carbocycles. The van der Waals surface area contributed by atoms with Crippen LogP contribution in [-0.2, 0) is 9.63 Å². The first-order chi connectivity index (χ1) is 6.88. The Morgan fingerprint density at radius 3 is 2.93 bits per heavy atom. The Kier molecular flexibility index (Phi) is 3.37. The van der Waals surface area contributed by atoms with Gasteiger partial charge in [0.25, 0.3) is 5.91 Å². The number of carbonyl (C=O) groups is 1. The second-order valence-electron chi connectivity index (χ2n) is 4.02. The molecular weight excluding hydrogens is 180 g/mol. The molecule has 4 nitrogen and oxygen atoms in total. The highest BCUT2D eigenvalue weighted by molar-refractivity contribution is 5.78. The highest BCUT2D eigenvalue weighted by atomic mass is 16.7. The number of piperidine rings is 1. The first kappa shape index (κ1) is 9.93. The van der Waals surface area contributed by atoms with Crippen LogP contribution in [0.15, 0.2) is 0 Å². The van der Waals surface area contributed by atoms with E-state index >= 15 is 0 Å². The maximum atomic E-state index is 11.9. The van der Waals surface area contributed by atoms with E-state index in [1.165, 1.54) is 0 Å². The molecule has 1 N–H and O–H groups in total. The summed E-state index contributed by atoms with van der Waals surface area (Å²) in [5.74, 6) is 0.318. The van der Waals surface area contributed by atoms with Crippen LogP contribution in [0.2, 0.25) is 0 Å². The molecule has 0 aromatic carbocycles. The average Bonchev–Trinajstić information content (AvgIpc) is 2.30. The number of hydroxylamine groups is 2. The summed E-state index contributed by atoms with van der Waals surface area (Å²) >= 11 is 0. The van der Waals surface area contributed by atoms with Gasteiger partial charge in [-0.2, -0.15) is 0 Å². The predicted octanol–water partition coefficient (Wildman–Crippen LogP) is 0.540. The highest BCUT2D eigenvalue weighted by Crippen LogP contribution is 2.16. The fourth-order valence-corrected chi connectivity index (χ4v) is 2.04. The quantitative estimate of drug-likeness (QED) is 0.668. The Balaban J connectivity index is 1.85. The summed E-state index contributed by atoms with van der Waals surface area (Å²) in [4.78, 5) is 17.3. The molecule has 0 radical (unpaired) electrons. The van der Waals surface area contributed by atoms with Gasteiger partial charge in [-0.25, -0.2) is 5.06 Å². The molecule has 2 fully saturated rings. The maximum Gasteiger partial charge on any atom is 0.250 e. The first-order valence-electron chi connectivity index (χ1n) is 5.53. The Morgan fingerprint density at radius 1 is 1.36 bits per heavy atom. The molecule has 0 aromatic heterocycles. The van der Waals surface area contributed by atoms with E-state index in [1.54, 1.807) is 5.06 Å². The molecule has 2 heterocycles. The van der Waals surface area contributed by atoms with E-state index in [-0.39, 0.29) is 11.8 Å². The lowest BCUT2D eigenvalue weighted by Gasteiger charge is -2.31. The van der Waals surface area contributed by atoms with Crippen molar-refractivity contribution in [1.29, 1.82) is 0 Å². The lowest BCUT2D eigenvalue weighted by molar-refractivity contribution is -0.201. The first-order valence-corrected chi connectivity index (χ1v) is 5.53. The van der Waals surface area contributed by atoms with Gasteiger partial charge in [-0.05, 0) is 32.2 Å². The molecule has 1 amide bonds. The second kappa shape index (κ2) is 4.75. The van der Waals surface area contributed by atoms with E-state index in [1.807, 2.05) is 0 Å². The second-order valence-corrected chi connectivity index (χ2v) is 4.02. The fraction of sp³-hybridized carbons (Fsp3) is 0.900. The number of hydrogen-bond donors (Lipinski definition) is 1. The van der Waals surface area contributed by atoms with Gasteiger partial charge in [-0.1, -0.05) is 0 Å². The zero-order valence-electron chi connectivity index (χ0n) is 8.50. The molecule has 0 spiro atoms. The van der Waals surface area contributed by atoms with E-state index < -0.39 is 0 Å². The Morgan fingerprint density at radius 2 is 2.29 bits per heavy atom. The van der Waals surface area contributed by atoms with Crippen molar-refractivity contribution in [2.45, 2.75) is 25.7 Å². The number of nitrogens with zero attached hydrogens (tertiary/aromatic N) is 1. The summed E-state index contributed by atoms with van der Waals surface area (Å²) in [6.45, 7) is 3.34. The molecule has 2 aliphatic rings. The summed E-state index contributed by atoms with van der Waals surface area (Å²) in [6.07, 6.45) is 4.26. The third kappa shape index (κ3) is 2.25. The van der Waals surface area contributed by atoms with Crippen LogP contribution in [0.5, 0.6) is 0 Å². The molecule has 0 unspecified atom stereocenters. The van der Waals surface area contributed by atoms with Crippen LogP contribution in [0.4, 0.5) is 0 Å². The van der Waals surface area contributed by atoms with Crippen LogP contribution in [0.25, 0.3) is 0 Å². The smallest absolute Gasteiger partial charge is 0.250 e. The topological polar surface area (TPSA) is 41.6 Å². The molecule has 2 rings (SSSR count). The van der Waals surface area contributed by atoms with Crippen molar-refractivity contribution in [3.8, 4) is 0 Å². The molecule has 80 valence electrons. The van der Waals surface area contributed by atoms with Gasteiger partial charge in [0.2, 0.25) is 0 Å². The van der Waals surface area contributed by atoms with Crippen LogP contribution in [0.1, 0.15) is 25.7 Å². The van der Waals surface area contributed by atoms with Crippen molar-refractivity contribution in [2.75, 3.05) is 26.2 Å². The number of rotatable bonds is 1. The van der Waals surface area contributed by atoms with Gasteiger partial charge in [0.15, 0.2) is 0 Å².